The van der Waals surface area contributed by atoms with Gasteiger partial charge < -0.3 is 9.64 Å². The Hall–Kier alpha value is -1.32. The number of rotatable bonds is 1. The summed E-state index contributed by atoms with van der Waals surface area (Å²) in [6, 6.07) is 0.283. The minimum Gasteiger partial charge on any atom is -0.466 e. The highest BCUT2D eigenvalue weighted by molar-refractivity contribution is 5.91. The van der Waals surface area contributed by atoms with Crippen molar-refractivity contribution < 1.29 is 14.3 Å². The van der Waals surface area contributed by atoms with E-state index in [4.69, 9.17) is 0 Å². The second-order valence-corrected chi connectivity index (χ2v) is 4.19. The first-order valence-corrected chi connectivity index (χ1v) is 5.17. The lowest BCUT2D eigenvalue weighted by atomic mass is 9.90. The molecule has 2 aliphatic rings. The van der Waals surface area contributed by atoms with Crippen molar-refractivity contribution in [3.63, 3.8) is 0 Å². The molecule has 0 aromatic carbocycles. The van der Waals surface area contributed by atoms with Crippen molar-refractivity contribution in [2.24, 2.45) is 5.92 Å². The van der Waals surface area contributed by atoms with Gasteiger partial charge >= 0.3 is 5.97 Å². The van der Waals surface area contributed by atoms with E-state index in [2.05, 4.69) is 4.74 Å². The highest BCUT2D eigenvalue weighted by Crippen LogP contribution is 2.35. The van der Waals surface area contributed by atoms with Crippen LogP contribution in [0.2, 0.25) is 0 Å². The van der Waals surface area contributed by atoms with Gasteiger partial charge in [0, 0.05) is 31.6 Å². The predicted octanol–water partition coefficient (Wildman–Crippen LogP) is 0.726. The zero-order valence-electron chi connectivity index (χ0n) is 9.03. The van der Waals surface area contributed by atoms with E-state index in [9.17, 15) is 9.59 Å². The van der Waals surface area contributed by atoms with Crippen molar-refractivity contribution >= 4 is 11.8 Å². The summed E-state index contributed by atoms with van der Waals surface area (Å²) in [6.45, 7) is 0. The van der Waals surface area contributed by atoms with E-state index in [1.54, 1.807) is 0 Å². The van der Waals surface area contributed by atoms with Gasteiger partial charge in [-0.3, -0.25) is 4.79 Å². The molecule has 0 radical (unpaired) electrons. The molecular weight excluding hydrogens is 194 g/mol. The number of esters is 1. The molecular formula is C11H15NO3. The van der Waals surface area contributed by atoms with E-state index in [1.807, 2.05) is 18.1 Å². The summed E-state index contributed by atoms with van der Waals surface area (Å²) in [7, 11) is 3.28. The molecule has 0 aromatic rings. The summed E-state index contributed by atoms with van der Waals surface area (Å²) in [4.78, 5) is 25.0. The summed E-state index contributed by atoms with van der Waals surface area (Å²) in [5.74, 6) is -0.0459. The zero-order valence-corrected chi connectivity index (χ0v) is 9.03. The fourth-order valence-electron chi connectivity index (χ4n) is 2.53. The Bertz CT molecular complexity index is 335. The number of carbonyl (C=O) groups excluding carboxylic acids is 2. The van der Waals surface area contributed by atoms with Crippen molar-refractivity contribution in [3.05, 3.63) is 11.8 Å². The molecule has 1 fully saturated rings. The maximum atomic E-state index is 11.6. The number of Topliss-reactive ketones (excluding diaryl/α,β-unsaturated/α-hetero) is 1. The lowest BCUT2D eigenvalue weighted by Crippen LogP contribution is -2.38. The van der Waals surface area contributed by atoms with Crippen LogP contribution in [0.3, 0.4) is 0 Å². The molecule has 0 N–H and O–H groups in total. The van der Waals surface area contributed by atoms with E-state index in [0.717, 1.165) is 6.42 Å². The molecule has 1 saturated carbocycles. The Morgan fingerprint density at radius 1 is 1.60 bits per heavy atom. The summed E-state index contributed by atoms with van der Waals surface area (Å²) in [5, 5.41) is 0. The van der Waals surface area contributed by atoms with Gasteiger partial charge in [-0.2, -0.15) is 0 Å². The van der Waals surface area contributed by atoms with Gasteiger partial charge in [-0.05, 0) is 12.8 Å². The number of methoxy groups -OCH3 is 1. The van der Waals surface area contributed by atoms with Gasteiger partial charge in [0.05, 0.1) is 12.7 Å². The highest BCUT2D eigenvalue weighted by Gasteiger charge is 2.40. The zero-order chi connectivity index (χ0) is 11.0. The standard InChI is InChI=1S/C11H15NO3/c1-12-6-7(11(14)15-2)5-8-9(12)3-4-10(8)13/h6,8-9H,3-5H2,1-2H3/t8-,9-/m1/s1. The molecule has 2 atom stereocenters. The average molecular weight is 209 g/mol. The van der Waals surface area contributed by atoms with Gasteiger partial charge in [0.1, 0.15) is 5.78 Å². The van der Waals surface area contributed by atoms with Crippen LogP contribution in [0.1, 0.15) is 19.3 Å². The number of nitrogens with zero attached hydrogens (tertiary/aromatic N) is 1. The largest absolute Gasteiger partial charge is 0.466 e. The number of ketones is 1. The smallest absolute Gasteiger partial charge is 0.335 e. The average Bonchev–Trinajstić information content (AvgIpc) is 2.60. The first-order chi connectivity index (χ1) is 7.13. The molecule has 1 aliphatic carbocycles. The maximum absolute atomic E-state index is 11.6. The van der Waals surface area contributed by atoms with Gasteiger partial charge in [0.2, 0.25) is 0 Å². The van der Waals surface area contributed by atoms with Crippen LogP contribution in [0.5, 0.6) is 0 Å². The third-order valence-electron chi connectivity index (χ3n) is 3.33. The first kappa shape index (κ1) is 10.2. The fourth-order valence-corrected chi connectivity index (χ4v) is 2.53. The molecule has 0 unspecified atom stereocenters. The Labute approximate surface area is 88.9 Å². The molecule has 4 nitrogen and oxygen atoms in total. The van der Waals surface area contributed by atoms with Crippen molar-refractivity contribution in [2.45, 2.75) is 25.3 Å². The summed E-state index contributed by atoms with van der Waals surface area (Å²) >= 11 is 0. The fraction of sp³-hybridized carbons (Fsp3) is 0.636. The third kappa shape index (κ3) is 1.64. The van der Waals surface area contributed by atoms with E-state index in [-0.39, 0.29) is 23.7 Å². The summed E-state index contributed by atoms with van der Waals surface area (Å²) in [5.41, 5.74) is 0.608. The third-order valence-corrected chi connectivity index (χ3v) is 3.33. The van der Waals surface area contributed by atoms with Crippen LogP contribution in [0.4, 0.5) is 0 Å². The molecule has 0 spiro atoms. The van der Waals surface area contributed by atoms with Gasteiger partial charge in [-0.1, -0.05) is 0 Å². The van der Waals surface area contributed by atoms with Crippen LogP contribution in [0.15, 0.2) is 11.8 Å². The Morgan fingerprint density at radius 2 is 2.33 bits per heavy atom. The van der Waals surface area contributed by atoms with E-state index in [1.165, 1.54) is 7.11 Å². The van der Waals surface area contributed by atoms with Crippen LogP contribution in [0, 0.1) is 5.92 Å². The van der Waals surface area contributed by atoms with E-state index < -0.39 is 0 Å². The second-order valence-electron chi connectivity index (χ2n) is 4.19. The number of hydrogen-bond donors (Lipinski definition) is 0. The monoisotopic (exact) mass is 209 g/mol. The Balaban J connectivity index is 2.22. The number of hydrogen-bond acceptors (Lipinski definition) is 4. The van der Waals surface area contributed by atoms with Gasteiger partial charge in [-0.15, -0.1) is 0 Å². The summed E-state index contributed by atoms with van der Waals surface area (Å²) < 4.78 is 4.68. The van der Waals surface area contributed by atoms with Crippen LogP contribution in [0.25, 0.3) is 0 Å². The minimum absolute atomic E-state index is 0.00546. The number of fused-ring (bicyclic) bond motifs is 1. The number of carbonyl (C=O) groups is 2. The van der Waals surface area contributed by atoms with Gasteiger partial charge in [-0.25, -0.2) is 4.79 Å². The highest BCUT2D eigenvalue weighted by atomic mass is 16.5. The molecule has 1 heterocycles. The molecule has 1 aliphatic heterocycles. The number of ether oxygens (including phenoxy) is 1. The summed E-state index contributed by atoms with van der Waals surface area (Å²) in [6.07, 6.45) is 3.90. The SMILES string of the molecule is COC(=O)C1=CN(C)[C@@H]2CCC(=O)[C@@H]2C1. The Morgan fingerprint density at radius 3 is 3.00 bits per heavy atom. The Kier molecular flexibility index (Phi) is 2.50. The van der Waals surface area contributed by atoms with Gasteiger partial charge in [0.15, 0.2) is 0 Å². The molecule has 4 heteroatoms. The predicted molar refractivity (Wildman–Crippen MR) is 54.0 cm³/mol. The molecule has 15 heavy (non-hydrogen) atoms. The first-order valence-electron chi connectivity index (χ1n) is 5.17. The van der Waals surface area contributed by atoms with Crippen LogP contribution >= 0.6 is 0 Å². The maximum Gasteiger partial charge on any atom is 0.335 e. The molecule has 2 rings (SSSR count). The van der Waals surface area contributed by atoms with Crippen LogP contribution in [-0.4, -0.2) is 36.9 Å². The normalized spacial score (nSPS) is 29.9. The minimum atomic E-state index is -0.319. The lowest BCUT2D eigenvalue weighted by Gasteiger charge is -2.32. The molecule has 82 valence electrons. The van der Waals surface area contributed by atoms with Crippen molar-refractivity contribution in [1.29, 1.82) is 0 Å². The second kappa shape index (κ2) is 3.68. The van der Waals surface area contributed by atoms with Crippen molar-refractivity contribution in [2.75, 3.05) is 14.2 Å². The van der Waals surface area contributed by atoms with E-state index in [0.29, 0.717) is 18.4 Å². The molecule has 0 aromatic heterocycles. The van der Waals surface area contributed by atoms with Crippen LogP contribution < -0.4 is 0 Å². The molecule has 0 saturated heterocycles. The van der Waals surface area contributed by atoms with E-state index >= 15 is 0 Å². The van der Waals surface area contributed by atoms with Crippen molar-refractivity contribution in [1.82, 2.24) is 4.90 Å². The van der Waals surface area contributed by atoms with Crippen LogP contribution in [-0.2, 0) is 14.3 Å². The quantitative estimate of drug-likeness (QED) is 0.597. The lowest BCUT2D eigenvalue weighted by molar-refractivity contribution is -0.136. The topological polar surface area (TPSA) is 46.6 Å². The molecule has 0 bridgehead atoms. The van der Waals surface area contributed by atoms with Crippen molar-refractivity contribution in [3.8, 4) is 0 Å². The van der Waals surface area contributed by atoms with Gasteiger partial charge in [0.25, 0.3) is 0 Å². The molecule has 0 amide bonds.